The molecule has 3 aromatic heterocycles. The Hall–Kier alpha value is -2.35. The van der Waals surface area contributed by atoms with Crippen LogP contribution in [-0.2, 0) is 6.54 Å². The van der Waals surface area contributed by atoms with Gasteiger partial charge in [0.25, 0.3) is 0 Å². The Morgan fingerprint density at radius 3 is 2.50 bits per heavy atom. The number of hydrogen-bond acceptors (Lipinski definition) is 5. The van der Waals surface area contributed by atoms with Crippen molar-refractivity contribution in [3.63, 3.8) is 0 Å². The fraction of sp³-hybridized carbons (Fsp3) is 0.304. The van der Waals surface area contributed by atoms with Gasteiger partial charge >= 0.3 is 0 Å². The normalized spacial score (nSPS) is 12.5. The number of rotatable bonds is 6. The number of hydrogen-bond donors (Lipinski definition) is 1. The molecule has 1 N–H and O–H groups in total. The maximum Gasteiger partial charge on any atom is 0.148 e. The number of nitrogens with zero attached hydrogens (tertiary/aromatic N) is 3. The molecule has 0 bridgehead atoms. The predicted molar refractivity (Wildman–Crippen MR) is 123 cm³/mol. The van der Waals surface area contributed by atoms with Gasteiger partial charge in [-0.05, 0) is 52.8 Å². The molecule has 0 saturated heterocycles. The lowest BCUT2D eigenvalue weighted by molar-refractivity contribution is 0.561. The van der Waals surface area contributed by atoms with Gasteiger partial charge in [0.1, 0.15) is 11.5 Å². The van der Waals surface area contributed by atoms with E-state index in [1.54, 1.807) is 39.5 Å². The number of para-hydroxylation sites is 1. The molecule has 1 unspecified atom stereocenters. The monoisotopic (exact) mass is 440 g/mol. The fourth-order valence-corrected chi connectivity index (χ4v) is 5.54. The van der Waals surface area contributed by atoms with Crippen molar-refractivity contribution in [2.24, 2.45) is 0 Å². The highest BCUT2D eigenvalue weighted by molar-refractivity contribution is 7.12. The van der Waals surface area contributed by atoms with E-state index >= 15 is 0 Å². The smallest absolute Gasteiger partial charge is 0.148 e. The van der Waals surface area contributed by atoms with Crippen LogP contribution < -0.4 is 5.32 Å². The minimum absolute atomic E-state index is 0.116. The van der Waals surface area contributed by atoms with Crippen molar-refractivity contribution in [2.75, 3.05) is 0 Å². The summed E-state index contributed by atoms with van der Waals surface area (Å²) in [4.78, 5) is 8.36. The summed E-state index contributed by atoms with van der Waals surface area (Å²) in [6.45, 7) is 11.1. The summed E-state index contributed by atoms with van der Waals surface area (Å²) in [5.74, 6) is -0.286. The predicted octanol–water partition coefficient (Wildman–Crippen LogP) is 6.28. The number of aromatic nitrogens is 3. The molecule has 156 valence electrons. The molecule has 1 atom stereocenters. The van der Waals surface area contributed by atoms with Crippen molar-refractivity contribution in [1.82, 2.24) is 20.1 Å². The van der Waals surface area contributed by atoms with E-state index in [9.17, 15) is 4.39 Å². The summed E-state index contributed by atoms with van der Waals surface area (Å²) in [5.41, 5.74) is 4.58. The van der Waals surface area contributed by atoms with E-state index in [-0.39, 0.29) is 11.9 Å². The van der Waals surface area contributed by atoms with Crippen LogP contribution in [0.3, 0.4) is 0 Å². The zero-order chi connectivity index (χ0) is 21.4. The van der Waals surface area contributed by atoms with E-state index in [0.717, 1.165) is 27.5 Å². The minimum atomic E-state index is -0.286. The first-order chi connectivity index (χ1) is 14.3. The van der Waals surface area contributed by atoms with Crippen molar-refractivity contribution in [1.29, 1.82) is 0 Å². The summed E-state index contributed by atoms with van der Waals surface area (Å²) >= 11 is 3.47. The first-order valence-corrected chi connectivity index (χ1v) is 11.5. The van der Waals surface area contributed by atoms with Crippen molar-refractivity contribution < 1.29 is 4.39 Å². The molecule has 0 spiro atoms. The van der Waals surface area contributed by atoms with E-state index in [1.807, 2.05) is 19.2 Å². The summed E-state index contributed by atoms with van der Waals surface area (Å²) in [5, 5.41) is 9.45. The molecule has 4 nitrogen and oxygen atoms in total. The largest absolute Gasteiger partial charge is 0.305 e. The molecule has 0 fully saturated rings. The maximum atomic E-state index is 14.4. The Kier molecular flexibility index (Phi) is 5.86. The summed E-state index contributed by atoms with van der Waals surface area (Å²) < 4.78 is 16.1. The molecule has 30 heavy (non-hydrogen) atoms. The van der Waals surface area contributed by atoms with Crippen molar-refractivity contribution in [3.05, 3.63) is 73.2 Å². The van der Waals surface area contributed by atoms with Crippen LogP contribution in [0.4, 0.5) is 4.39 Å². The summed E-state index contributed by atoms with van der Waals surface area (Å²) in [6.07, 6.45) is 1.93. The topological polar surface area (TPSA) is 42.7 Å². The molecule has 3 heterocycles. The summed E-state index contributed by atoms with van der Waals surface area (Å²) in [6, 6.07) is 9.01. The van der Waals surface area contributed by atoms with E-state index in [4.69, 9.17) is 5.10 Å². The van der Waals surface area contributed by atoms with Crippen LogP contribution in [0.1, 0.15) is 43.9 Å². The molecular weight excluding hydrogens is 415 g/mol. The number of nitrogens with one attached hydrogen (secondary N) is 1. The average molecular weight is 441 g/mol. The van der Waals surface area contributed by atoms with Gasteiger partial charge < -0.3 is 5.32 Å². The first kappa shape index (κ1) is 20.9. The van der Waals surface area contributed by atoms with Crippen molar-refractivity contribution in [3.8, 4) is 16.9 Å². The molecule has 7 heteroatoms. The Bertz CT molecular complexity index is 1190. The highest BCUT2D eigenvalue weighted by atomic mass is 32.1. The van der Waals surface area contributed by atoms with Gasteiger partial charge in [-0.15, -0.1) is 22.7 Å². The molecule has 0 amide bonds. The van der Waals surface area contributed by atoms with E-state index in [0.29, 0.717) is 12.2 Å². The van der Waals surface area contributed by atoms with Crippen LogP contribution in [-0.4, -0.2) is 14.8 Å². The van der Waals surface area contributed by atoms with Gasteiger partial charge in [-0.25, -0.2) is 14.1 Å². The lowest BCUT2D eigenvalue weighted by Gasteiger charge is -2.12. The van der Waals surface area contributed by atoms with Gasteiger partial charge in [0.15, 0.2) is 0 Å². The molecule has 0 radical (unpaired) electrons. The molecule has 4 aromatic rings. The molecular formula is C23H25FN4S2. The minimum Gasteiger partial charge on any atom is -0.305 e. The van der Waals surface area contributed by atoms with Gasteiger partial charge in [-0.3, -0.25) is 0 Å². The van der Waals surface area contributed by atoms with Gasteiger partial charge in [-0.1, -0.05) is 12.1 Å². The standard InChI is InChI=1S/C23H25FN4S2/c1-13-10-19(15(3)29-13)23-18(11-25-14(2)22-16(4)30-17(5)26-22)12-28(27-23)21-9-7-6-8-20(21)24/h6-10,12,14,25H,11H2,1-5H3. The second-order valence-electron chi connectivity index (χ2n) is 7.50. The SMILES string of the molecule is Cc1cc(-c2nn(-c3ccccc3F)cc2CNC(C)c2nc(C)sc2C)c(C)s1. The number of thiazole rings is 1. The van der Waals surface area contributed by atoms with Crippen LogP contribution in [0.25, 0.3) is 16.9 Å². The molecule has 4 rings (SSSR count). The second kappa shape index (κ2) is 8.41. The van der Waals surface area contributed by atoms with Crippen LogP contribution in [0.5, 0.6) is 0 Å². The van der Waals surface area contributed by atoms with Crippen molar-refractivity contribution in [2.45, 2.75) is 47.2 Å². The average Bonchev–Trinajstić information content (AvgIpc) is 3.36. The number of benzene rings is 1. The number of thiophene rings is 1. The lowest BCUT2D eigenvalue weighted by atomic mass is 10.1. The molecule has 0 aliphatic heterocycles. The Morgan fingerprint density at radius 2 is 1.87 bits per heavy atom. The van der Waals surface area contributed by atoms with Gasteiger partial charge in [0.2, 0.25) is 0 Å². The van der Waals surface area contributed by atoms with E-state index in [1.165, 1.54) is 20.7 Å². The second-order valence-corrected chi connectivity index (χ2v) is 10.4. The highest BCUT2D eigenvalue weighted by Gasteiger charge is 2.19. The zero-order valence-corrected chi connectivity index (χ0v) is 19.4. The number of halogens is 1. The van der Waals surface area contributed by atoms with Crippen LogP contribution in [0, 0.1) is 33.5 Å². The molecule has 0 aliphatic carbocycles. The molecule has 1 aromatic carbocycles. The Labute approximate surface area is 184 Å². The first-order valence-electron chi connectivity index (χ1n) is 9.91. The third-order valence-electron chi connectivity index (χ3n) is 5.13. The maximum absolute atomic E-state index is 14.4. The van der Waals surface area contributed by atoms with Crippen molar-refractivity contribution >= 4 is 22.7 Å². The summed E-state index contributed by atoms with van der Waals surface area (Å²) in [7, 11) is 0. The van der Waals surface area contributed by atoms with Crippen LogP contribution >= 0.6 is 22.7 Å². The Morgan fingerprint density at radius 1 is 1.10 bits per heavy atom. The third-order valence-corrected chi connectivity index (χ3v) is 7.00. The highest BCUT2D eigenvalue weighted by Crippen LogP contribution is 2.33. The quantitative estimate of drug-likeness (QED) is 0.384. The van der Waals surface area contributed by atoms with E-state index in [2.05, 4.69) is 44.1 Å². The van der Waals surface area contributed by atoms with Gasteiger partial charge in [-0.2, -0.15) is 5.10 Å². The van der Waals surface area contributed by atoms with E-state index < -0.39 is 0 Å². The molecule has 0 aliphatic rings. The fourth-order valence-electron chi connectivity index (χ4n) is 3.70. The van der Waals surface area contributed by atoms with Gasteiger partial charge in [0.05, 0.1) is 16.4 Å². The zero-order valence-electron chi connectivity index (χ0n) is 17.8. The van der Waals surface area contributed by atoms with Gasteiger partial charge in [0, 0.05) is 44.5 Å². The third kappa shape index (κ3) is 4.10. The van der Waals surface area contributed by atoms with Crippen LogP contribution in [0.15, 0.2) is 36.5 Å². The van der Waals surface area contributed by atoms with Crippen LogP contribution in [0.2, 0.25) is 0 Å². The number of aryl methyl sites for hydroxylation is 4. The molecule has 0 saturated carbocycles. The lowest BCUT2D eigenvalue weighted by Crippen LogP contribution is -2.19. The Balaban J connectivity index is 1.69.